The fourth-order valence-corrected chi connectivity index (χ4v) is 17.9. The minimum atomic E-state index is -0.663. The van der Waals surface area contributed by atoms with Gasteiger partial charge in [-0.3, -0.25) is 9.74 Å². The van der Waals surface area contributed by atoms with Gasteiger partial charge in [-0.2, -0.15) is 15.0 Å². The van der Waals surface area contributed by atoms with Crippen LogP contribution in [0.2, 0.25) is 15.1 Å². The summed E-state index contributed by atoms with van der Waals surface area (Å²) < 4.78 is 23.6. The van der Waals surface area contributed by atoms with Crippen LogP contribution in [0.5, 0.6) is 17.2 Å². The molecule has 13 aromatic rings. The first kappa shape index (κ1) is 76.0. The van der Waals surface area contributed by atoms with Gasteiger partial charge in [-0.25, -0.2) is 0 Å². The number of rotatable bonds is 17. The number of fused-ring (bicyclic) bond motifs is 12. The summed E-state index contributed by atoms with van der Waals surface area (Å²) in [6, 6.07) is 59.5. The first-order valence-corrected chi connectivity index (χ1v) is 40.8. The number of methoxy groups -OCH3 is 1. The first-order valence-electron chi connectivity index (χ1n) is 38.9. The number of aliphatic hydroxyl groups is 1. The Labute approximate surface area is 662 Å². The van der Waals surface area contributed by atoms with Gasteiger partial charge in [0.25, 0.3) is 0 Å². The smallest absolute Gasteiger partial charge is 0.165 e. The van der Waals surface area contributed by atoms with Crippen LogP contribution in [-0.4, -0.2) is 117 Å². The van der Waals surface area contributed by atoms with Crippen LogP contribution in [0.4, 0.5) is 0 Å². The van der Waals surface area contributed by atoms with Gasteiger partial charge in [0.15, 0.2) is 6.73 Å². The van der Waals surface area contributed by atoms with Gasteiger partial charge in [0.2, 0.25) is 0 Å². The highest BCUT2D eigenvalue weighted by Gasteiger charge is 2.30. The average molecular weight is 1590 g/mol. The van der Waals surface area contributed by atoms with Crippen molar-refractivity contribution in [2.45, 2.75) is 146 Å². The second-order valence-electron chi connectivity index (χ2n) is 29.5. The van der Waals surface area contributed by atoms with Crippen molar-refractivity contribution >= 4 is 94.3 Å². The van der Waals surface area contributed by atoms with E-state index in [2.05, 4.69) is 197 Å². The summed E-state index contributed by atoms with van der Waals surface area (Å²) in [5.74, 6) is 4.13. The Morgan fingerprint density at radius 2 is 0.890 bits per heavy atom. The van der Waals surface area contributed by atoms with Crippen LogP contribution in [0.25, 0.3) is 43.6 Å². The number of ether oxygens (including phenoxy) is 4. The Kier molecular flexibility index (Phi) is 24.9. The van der Waals surface area contributed by atoms with Crippen LogP contribution >= 0.6 is 50.7 Å². The summed E-state index contributed by atoms with van der Waals surface area (Å²) in [5.41, 5.74) is 22.8. The van der Waals surface area contributed by atoms with Crippen LogP contribution in [0.3, 0.4) is 0 Å². The molecule has 18 rings (SSSR count). The van der Waals surface area contributed by atoms with E-state index >= 15 is 0 Å². The number of aryl methyl sites for hydroxylation is 5. The molecule has 19 heteroatoms. The molecule has 8 aromatic carbocycles. The molecular weight excluding hydrogens is 1490 g/mol. The van der Waals surface area contributed by atoms with Gasteiger partial charge >= 0.3 is 0 Å². The summed E-state index contributed by atoms with van der Waals surface area (Å²) in [6.07, 6.45) is 21.4. The lowest BCUT2D eigenvalue weighted by molar-refractivity contribution is -0.195. The summed E-state index contributed by atoms with van der Waals surface area (Å²) in [6.45, 7) is 7.17. The van der Waals surface area contributed by atoms with E-state index in [1.165, 1.54) is 179 Å². The van der Waals surface area contributed by atoms with Crippen LogP contribution in [0.1, 0.15) is 174 Å². The van der Waals surface area contributed by atoms with Crippen LogP contribution < -0.4 is 14.2 Å². The van der Waals surface area contributed by atoms with Gasteiger partial charge in [0.05, 0.1) is 53.0 Å². The highest BCUT2D eigenvalue weighted by Crippen LogP contribution is 2.45. The number of hydrogen-bond donors (Lipinski definition) is 5. The molecule has 6 heterocycles. The van der Waals surface area contributed by atoms with Crippen molar-refractivity contribution in [1.82, 2.24) is 44.9 Å². The van der Waals surface area contributed by atoms with Gasteiger partial charge in [-0.1, -0.05) is 138 Å². The number of hydrogen-bond acceptors (Lipinski definition) is 10. The molecule has 0 bridgehead atoms. The van der Waals surface area contributed by atoms with E-state index in [1.807, 2.05) is 35.4 Å². The average Bonchev–Trinajstić information content (AvgIpc) is 1.65. The van der Waals surface area contributed by atoms with Gasteiger partial charge < -0.3 is 44.0 Å². The van der Waals surface area contributed by atoms with E-state index in [1.54, 1.807) is 26.6 Å². The summed E-state index contributed by atoms with van der Waals surface area (Å²) >= 11 is 22.3. The summed E-state index contributed by atoms with van der Waals surface area (Å²) in [7, 11) is 3.39. The van der Waals surface area contributed by atoms with Crippen molar-refractivity contribution in [3.63, 3.8) is 0 Å². The highest BCUT2D eigenvalue weighted by molar-refractivity contribution is 9.10. The third-order valence-corrected chi connectivity index (χ3v) is 23.9. The molecule has 0 amide bonds. The van der Waals surface area contributed by atoms with Gasteiger partial charge in [-0.05, 0) is 243 Å². The second kappa shape index (κ2) is 35.7. The van der Waals surface area contributed by atoms with E-state index < -0.39 is 6.10 Å². The van der Waals surface area contributed by atoms with Gasteiger partial charge in [0, 0.05) is 123 Å². The molecule has 109 heavy (non-hydrogen) atoms. The normalized spacial score (nSPS) is 18.1. The number of aromatic nitrogens is 7. The Bertz CT molecular complexity index is 5010. The van der Waals surface area contributed by atoms with Crippen molar-refractivity contribution in [2.75, 3.05) is 60.5 Å². The molecule has 1 saturated heterocycles. The quantitative estimate of drug-likeness (QED) is 0.0336. The molecule has 4 aliphatic carbocycles. The molecule has 1 fully saturated rings. The van der Waals surface area contributed by atoms with Crippen molar-refractivity contribution in [3.8, 4) is 17.2 Å². The number of halogens is 4. The molecule has 0 radical (unpaired) electrons. The Balaban J connectivity index is 0.000000117. The lowest BCUT2D eigenvalue weighted by Crippen LogP contribution is -2.44. The van der Waals surface area contributed by atoms with Crippen LogP contribution in [0, 0.1) is 0 Å². The molecule has 5 unspecified atom stereocenters. The maximum Gasteiger partial charge on any atom is 0.165 e. The Morgan fingerprint density at radius 1 is 0.495 bits per heavy atom. The zero-order valence-corrected chi connectivity index (χ0v) is 66.3. The highest BCUT2D eigenvalue weighted by atomic mass is 79.9. The topological polar surface area (TPSA) is 167 Å². The van der Waals surface area contributed by atoms with Crippen molar-refractivity contribution in [3.05, 3.63) is 275 Å². The molecule has 0 saturated carbocycles. The van der Waals surface area contributed by atoms with E-state index in [-0.39, 0.29) is 6.61 Å². The monoisotopic (exact) mass is 1580 g/mol. The Morgan fingerprint density at radius 3 is 1.32 bits per heavy atom. The third-order valence-electron chi connectivity index (χ3n) is 22.7. The second-order valence-corrected chi connectivity index (χ2v) is 31.8. The molecule has 566 valence electrons. The predicted molar refractivity (Wildman–Crippen MR) is 444 cm³/mol. The summed E-state index contributed by atoms with van der Waals surface area (Å²) in [5, 5.41) is 27.5. The van der Waals surface area contributed by atoms with Crippen LogP contribution in [-0.2, 0) is 48.2 Å². The number of morpholine rings is 1. The number of nitrogens with zero attached hydrogens (tertiary/aromatic N) is 5. The largest absolute Gasteiger partial charge is 0.497 e. The number of benzene rings is 8. The van der Waals surface area contributed by atoms with E-state index in [9.17, 15) is 5.11 Å². The number of aliphatic hydroxyl groups excluding tert-OH is 1. The van der Waals surface area contributed by atoms with Crippen LogP contribution in [0.15, 0.2) is 187 Å². The predicted octanol–water partition coefficient (Wildman–Crippen LogP) is 21.5. The zero-order valence-electron chi connectivity index (χ0n) is 62.4. The lowest BCUT2D eigenvalue weighted by Gasteiger charge is -2.31. The lowest BCUT2D eigenvalue weighted by atomic mass is 9.82. The maximum atomic E-state index is 10.1. The molecular formula is C90H97BrCl3N9O6. The number of nitrogens with one attached hydrogen (secondary N) is 4. The number of aromatic amines is 4. The van der Waals surface area contributed by atoms with E-state index in [0.717, 1.165) is 108 Å². The molecule has 5 N–H and O–H groups in total. The minimum Gasteiger partial charge on any atom is -0.497 e. The molecule has 1 aliphatic heterocycles. The van der Waals surface area contributed by atoms with Crippen molar-refractivity contribution < 1.29 is 28.9 Å². The molecule has 5 aliphatic rings. The SMILES string of the molecule is CCc1ccc(C2CCCCc3c2[nH]c2ccc(Cl)cc32)cc1.CON(COc1ccc(C2CCCCc3c2[nH]c2ccc(Cl)cc32)cc1)CN1CCOCC1.COc1ccc(C2CCCCc3c2[nH]c2ccc(Cl)cc32)cc1.OC(COc1ccc(C2CCCc3c2[nH]c2ccc(Br)cc32)cc1)Cn1nccn1. The first-order chi connectivity index (χ1) is 53.4. The Hall–Kier alpha value is -8.39. The third kappa shape index (κ3) is 18.0. The number of H-pyrrole nitrogens is 4. The number of hydroxylamine groups is 2. The zero-order chi connectivity index (χ0) is 74.7. The molecule has 5 atom stereocenters. The minimum absolute atomic E-state index is 0.200. The van der Waals surface area contributed by atoms with Crippen molar-refractivity contribution in [1.29, 1.82) is 0 Å². The maximum absolute atomic E-state index is 10.1. The van der Waals surface area contributed by atoms with Gasteiger partial charge in [0.1, 0.15) is 30.0 Å². The fraction of sp³-hybridized carbons (Fsp3) is 0.356. The fourth-order valence-electron chi connectivity index (χ4n) is 17.0. The summed E-state index contributed by atoms with van der Waals surface area (Å²) in [4.78, 5) is 24.0. The standard InChI is InChI=1S/C26H32ClN3O3.C23H23BrN4O2.C21H22ClN.C20H20ClNO/c1-31-30(17-29-12-14-32-15-13-29)18-33-21-9-6-19(7-10-21)22-4-2-3-5-23-24-16-20(27)8-11-25(24)28-26(22)23;24-16-6-9-22-21(12-16)20-3-1-2-19(23(20)27-22)15-4-7-18(8-5-15)30-14-17(29)13-28-25-10-11-26-28;1-2-14-7-9-15(10-8-14)17-5-3-4-6-18-19-13-16(22)11-12-20(19)23-21(17)18;1-23-15-9-6-13(7-10-15)16-4-2-3-5-17-18-12-14(21)8-11-19(18)22-20(16)17/h6-11,16,22,28H,2-5,12-15,17-18H2,1H3;4-12,17,19,27,29H,1-3,13-14H2;7-13,17,23H,2-6H2,1H3;6-12,16,22H,2-5H2,1H3. The molecule has 5 aromatic heterocycles. The van der Waals surface area contributed by atoms with E-state index in [4.69, 9.17) is 58.6 Å². The molecule has 0 spiro atoms. The molecule has 15 nitrogen and oxygen atoms in total. The van der Waals surface area contributed by atoms with Gasteiger partial charge in [-0.15, -0.1) is 5.06 Å². The van der Waals surface area contributed by atoms with E-state index in [0.29, 0.717) is 43.6 Å². The van der Waals surface area contributed by atoms with Crippen molar-refractivity contribution in [2.24, 2.45) is 0 Å².